The Kier molecular flexibility index (Phi) is 4.30. The lowest BCUT2D eigenvalue weighted by Crippen LogP contribution is -2.38. The maximum absolute atomic E-state index is 12.2. The molecule has 6 heteroatoms. The quantitative estimate of drug-likeness (QED) is 0.771. The molecule has 0 atom stereocenters. The fourth-order valence-corrected chi connectivity index (χ4v) is 3.12. The van der Waals surface area contributed by atoms with Crippen molar-refractivity contribution in [2.45, 2.75) is 22.6 Å². The van der Waals surface area contributed by atoms with Crippen LogP contribution in [0.15, 0.2) is 29.2 Å². The van der Waals surface area contributed by atoms with E-state index in [1.54, 1.807) is 12.1 Å². The molecule has 2 rings (SSSR count). The van der Waals surface area contributed by atoms with Crippen molar-refractivity contribution in [2.75, 3.05) is 19.3 Å². The number of piperidine rings is 1. The lowest BCUT2D eigenvalue weighted by atomic mass is 10.1. The summed E-state index contributed by atoms with van der Waals surface area (Å²) in [4.78, 5) is 14.8. The second kappa shape index (κ2) is 5.63. The summed E-state index contributed by atoms with van der Waals surface area (Å²) in [5.41, 5.74) is 0.542. The van der Waals surface area contributed by atoms with Crippen LogP contribution in [0.1, 0.15) is 23.2 Å². The highest BCUT2D eigenvalue weighted by molar-refractivity contribution is 9.09. The van der Waals surface area contributed by atoms with Gasteiger partial charge in [0.05, 0.1) is 4.90 Å². The summed E-state index contributed by atoms with van der Waals surface area (Å²) in [6, 6.07) is 6.14. The highest BCUT2D eigenvalue weighted by Gasteiger charge is 2.22. The fraction of sp³-hybridized carbons (Fsp3) is 0.462. The first-order valence-corrected chi connectivity index (χ1v) is 8.92. The molecule has 19 heavy (non-hydrogen) atoms. The van der Waals surface area contributed by atoms with Crippen molar-refractivity contribution in [1.82, 2.24) is 4.90 Å². The van der Waals surface area contributed by atoms with Crippen LogP contribution in [0.5, 0.6) is 0 Å². The van der Waals surface area contributed by atoms with Gasteiger partial charge in [0.15, 0.2) is 9.84 Å². The van der Waals surface area contributed by atoms with Crippen LogP contribution in [-0.4, -0.2) is 43.4 Å². The van der Waals surface area contributed by atoms with Gasteiger partial charge < -0.3 is 4.90 Å². The third kappa shape index (κ3) is 3.57. The number of carbonyl (C=O) groups excluding carboxylic acids is 1. The normalized spacial score (nSPS) is 17.5. The van der Waals surface area contributed by atoms with E-state index in [1.165, 1.54) is 12.1 Å². The average molecular weight is 346 g/mol. The predicted octanol–water partition coefficient (Wildman–Crippen LogP) is 2.09. The Hall–Kier alpha value is -0.880. The van der Waals surface area contributed by atoms with E-state index >= 15 is 0 Å². The van der Waals surface area contributed by atoms with E-state index in [-0.39, 0.29) is 10.8 Å². The second-order valence-corrected chi connectivity index (χ2v) is 8.07. The van der Waals surface area contributed by atoms with Crippen molar-refractivity contribution in [2.24, 2.45) is 0 Å². The Bertz CT molecular complexity index is 560. The lowest BCUT2D eigenvalue weighted by molar-refractivity contribution is 0.0728. The average Bonchev–Trinajstić information content (AvgIpc) is 2.38. The van der Waals surface area contributed by atoms with Gasteiger partial charge in [-0.05, 0) is 37.1 Å². The molecular formula is C13H16BrNO3S. The Morgan fingerprint density at radius 2 is 1.74 bits per heavy atom. The molecule has 1 fully saturated rings. The van der Waals surface area contributed by atoms with Gasteiger partial charge in [-0.25, -0.2) is 8.42 Å². The Morgan fingerprint density at radius 1 is 1.21 bits per heavy atom. The van der Waals surface area contributed by atoms with Crippen molar-refractivity contribution in [1.29, 1.82) is 0 Å². The summed E-state index contributed by atoms with van der Waals surface area (Å²) < 4.78 is 22.7. The molecule has 0 saturated carbocycles. The number of carbonyl (C=O) groups is 1. The number of benzene rings is 1. The van der Waals surface area contributed by atoms with E-state index < -0.39 is 9.84 Å². The summed E-state index contributed by atoms with van der Waals surface area (Å²) in [5.74, 6) is -0.0283. The van der Waals surface area contributed by atoms with E-state index in [9.17, 15) is 13.2 Å². The lowest BCUT2D eigenvalue weighted by Gasteiger charge is -2.29. The molecule has 1 aliphatic rings. The number of amides is 1. The van der Waals surface area contributed by atoms with Gasteiger partial charge >= 0.3 is 0 Å². The van der Waals surface area contributed by atoms with Gasteiger partial charge in [-0.15, -0.1) is 0 Å². The highest BCUT2D eigenvalue weighted by Crippen LogP contribution is 2.19. The zero-order valence-corrected chi connectivity index (χ0v) is 13.1. The number of hydrogen-bond acceptors (Lipinski definition) is 3. The molecule has 1 aromatic carbocycles. The third-order valence-electron chi connectivity index (χ3n) is 3.24. The third-order valence-corrected chi connectivity index (χ3v) is 5.29. The van der Waals surface area contributed by atoms with Crippen LogP contribution in [0.2, 0.25) is 0 Å². The zero-order chi connectivity index (χ0) is 14.0. The molecule has 1 saturated heterocycles. The van der Waals surface area contributed by atoms with Crippen molar-refractivity contribution >= 4 is 31.7 Å². The minimum atomic E-state index is -3.21. The van der Waals surface area contributed by atoms with Crippen molar-refractivity contribution in [3.63, 3.8) is 0 Å². The van der Waals surface area contributed by atoms with Crippen LogP contribution >= 0.6 is 15.9 Å². The van der Waals surface area contributed by atoms with Crippen LogP contribution in [0.25, 0.3) is 0 Å². The highest BCUT2D eigenvalue weighted by atomic mass is 79.9. The zero-order valence-electron chi connectivity index (χ0n) is 10.7. The first kappa shape index (κ1) is 14.5. The molecule has 0 N–H and O–H groups in total. The monoisotopic (exact) mass is 345 g/mol. The molecule has 1 amide bonds. The molecule has 4 nitrogen and oxygen atoms in total. The predicted molar refractivity (Wildman–Crippen MR) is 77.4 cm³/mol. The van der Waals surface area contributed by atoms with Crippen molar-refractivity contribution < 1.29 is 13.2 Å². The van der Waals surface area contributed by atoms with Crippen LogP contribution in [0.4, 0.5) is 0 Å². The number of halogens is 1. The van der Waals surface area contributed by atoms with Crippen molar-refractivity contribution in [3.05, 3.63) is 29.8 Å². The Morgan fingerprint density at radius 3 is 2.21 bits per heavy atom. The number of alkyl halides is 1. The number of nitrogens with zero attached hydrogens (tertiary/aromatic N) is 1. The summed E-state index contributed by atoms with van der Waals surface area (Å²) in [5, 5.41) is 0. The molecule has 1 aliphatic heterocycles. The van der Waals surface area contributed by atoms with Gasteiger partial charge in [0.25, 0.3) is 5.91 Å². The summed E-state index contributed by atoms with van der Waals surface area (Å²) in [7, 11) is -3.21. The first-order valence-electron chi connectivity index (χ1n) is 6.11. The van der Waals surface area contributed by atoms with E-state index in [0.29, 0.717) is 10.4 Å². The molecule has 1 aromatic rings. The largest absolute Gasteiger partial charge is 0.339 e. The van der Waals surface area contributed by atoms with Crippen molar-refractivity contribution in [3.8, 4) is 0 Å². The van der Waals surface area contributed by atoms with Gasteiger partial charge in [0.2, 0.25) is 0 Å². The van der Waals surface area contributed by atoms with Crippen LogP contribution in [0.3, 0.4) is 0 Å². The van der Waals surface area contributed by atoms with Crippen LogP contribution < -0.4 is 0 Å². The summed E-state index contributed by atoms with van der Waals surface area (Å²) in [6.07, 6.45) is 3.06. The standard InChI is InChI=1S/C13H16BrNO3S/c1-19(17,18)12-4-2-10(3-5-12)13(16)15-8-6-11(14)7-9-15/h2-5,11H,6-9H2,1H3. The molecule has 104 valence electrons. The minimum absolute atomic E-state index is 0.0283. The van der Waals surface area contributed by atoms with Crippen LogP contribution in [-0.2, 0) is 9.84 Å². The molecule has 0 aromatic heterocycles. The van der Waals surface area contributed by atoms with E-state index in [1.807, 2.05) is 4.90 Å². The minimum Gasteiger partial charge on any atom is -0.339 e. The van der Waals surface area contributed by atoms with Gasteiger partial charge in [-0.3, -0.25) is 4.79 Å². The Labute approximate surface area is 121 Å². The van der Waals surface area contributed by atoms with E-state index in [4.69, 9.17) is 0 Å². The molecule has 0 bridgehead atoms. The maximum atomic E-state index is 12.2. The van der Waals surface area contributed by atoms with Crippen LogP contribution in [0, 0.1) is 0 Å². The number of likely N-dealkylation sites (tertiary alicyclic amines) is 1. The molecular weight excluding hydrogens is 330 g/mol. The van der Waals surface area contributed by atoms with Gasteiger partial charge in [0.1, 0.15) is 0 Å². The summed E-state index contributed by atoms with van der Waals surface area (Å²) >= 11 is 3.55. The topological polar surface area (TPSA) is 54.5 Å². The SMILES string of the molecule is CS(=O)(=O)c1ccc(C(=O)N2CCC(Br)CC2)cc1. The van der Waals surface area contributed by atoms with Gasteiger partial charge in [0, 0.05) is 29.7 Å². The summed E-state index contributed by atoms with van der Waals surface area (Å²) in [6.45, 7) is 1.48. The second-order valence-electron chi connectivity index (χ2n) is 4.76. The smallest absolute Gasteiger partial charge is 0.253 e. The molecule has 0 aliphatic carbocycles. The molecule has 1 heterocycles. The Balaban J connectivity index is 2.12. The van der Waals surface area contributed by atoms with E-state index in [2.05, 4.69) is 15.9 Å². The molecule has 0 unspecified atom stereocenters. The van der Waals surface area contributed by atoms with Gasteiger partial charge in [-0.1, -0.05) is 15.9 Å². The number of sulfone groups is 1. The number of rotatable bonds is 2. The maximum Gasteiger partial charge on any atom is 0.253 e. The van der Waals surface area contributed by atoms with Gasteiger partial charge in [-0.2, -0.15) is 0 Å². The molecule has 0 spiro atoms. The fourth-order valence-electron chi connectivity index (χ4n) is 2.08. The first-order chi connectivity index (χ1) is 8.88. The number of hydrogen-bond donors (Lipinski definition) is 0. The molecule has 0 radical (unpaired) electrons. The van der Waals surface area contributed by atoms with E-state index in [0.717, 1.165) is 32.2 Å².